The van der Waals surface area contributed by atoms with Gasteiger partial charge < -0.3 is 20.9 Å². The molecule has 3 N–H and O–H groups in total. The molecular formula is C27H36N4O3. The number of benzene rings is 2. The molecule has 0 bridgehead atoms. The minimum absolute atomic E-state index is 0.126. The van der Waals surface area contributed by atoms with Crippen LogP contribution in [-0.4, -0.2) is 43.4 Å². The van der Waals surface area contributed by atoms with Gasteiger partial charge in [-0.3, -0.25) is 14.4 Å². The Labute approximate surface area is 202 Å². The highest BCUT2D eigenvalue weighted by molar-refractivity contribution is 5.97. The number of hydrogen-bond donors (Lipinski definition) is 3. The molecule has 3 amide bonds. The number of nitrogens with one attached hydrogen (secondary N) is 3. The van der Waals surface area contributed by atoms with Crippen molar-refractivity contribution in [1.82, 2.24) is 10.6 Å². The van der Waals surface area contributed by atoms with E-state index in [9.17, 15) is 14.4 Å². The summed E-state index contributed by atoms with van der Waals surface area (Å²) in [6, 6.07) is 16.7. The molecule has 3 rings (SSSR count). The van der Waals surface area contributed by atoms with Gasteiger partial charge in [0, 0.05) is 37.4 Å². The van der Waals surface area contributed by atoms with E-state index in [4.69, 9.17) is 0 Å². The van der Waals surface area contributed by atoms with Gasteiger partial charge in [0.15, 0.2) is 0 Å². The van der Waals surface area contributed by atoms with E-state index in [0.29, 0.717) is 6.42 Å². The normalized spacial score (nSPS) is 13.9. The van der Waals surface area contributed by atoms with Gasteiger partial charge in [-0.2, -0.15) is 0 Å². The maximum absolute atomic E-state index is 13.0. The molecule has 0 aromatic heterocycles. The van der Waals surface area contributed by atoms with Gasteiger partial charge in [0.1, 0.15) is 6.04 Å². The van der Waals surface area contributed by atoms with E-state index in [-0.39, 0.29) is 37.1 Å². The van der Waals surface area contributed by atoms with E-state index in [2.05, 4.69) is 33.8 Å². The van der Waals surface area contributed by atoms with Crippen molar-refractivity contribution in [2.75, 3.05) is 29.9 Å². The fourth-order valence-electron chi connectivity index (χ4n) is 4.09. The summed E-state index contributed by atoms with van der Waals surface area (Å²) >= 11 is 0. The molecule has 0 radical (unpaired) electrons. The second kappa shape index (κ2) is 13.4. The highest BCUT2D eigenvalue weighted by Crippen LogP contribution is 2.23. The summed E-state index contributed by atoms with van der Waals surface area (Å²) in [6.07, 6.45) is 5.12. The van der Waals surface area contributed by atoms with Gasteiger partial charge in [0.2, 0.25) is 17.7 Å². The SMILES string of the molecule is CCCCC(NC(=O)CCNC(=O)Cc1ccccc1)C(=O)Nc1cccc(N2CCCC2)c1. The van der Waals surface area contributed by atoms with Crippen LogP contribution in [0.5, 0.6) is 0 Å². The standard InChI is InChI=1S/C27H36N4O3/c1-2-3-14-24(27(34)29-22-12-9-13-23(20-22)31-17-7-8-18-31)30-25(32)15-16-28-26(33)19-21-10-5-4-6-11-21/h4-6,9-13,20,24H,2-3,7-8,14-19H2,1H3,(H,28,33)(H,29,34)(H,30,32). The van der Waals surface area contributed by atoms with Crippen molar-refractivity contribution in [3.05, 3.63) is 60.2 Å². The van der Waals surface area contributed by atoms with Gasteiger partial charge in [0.05, 0.1) is 6.42 Å². The first-order valence-corrected chi connectivity index (χ1v) is 12.3. The summed E-state index contributed by atoms with van der Waals surface area (Å²) in [7, 11) is 0. The van der Waals surface area contributed by atoms with Crippen molar-refractivity contribution in [3.63, 3.8) is 0 Å². The Kier molecular flexibility index (Phi) is 9.95. The topological polar surface area (TPSA) is 90.5 Å². The zero-order chi connectivity index (χ0) is 24.2. The Morgan fingerprint density at radius 1 is 0.971 bits per heavy atom. The predicted molar refractivity (Wildman–Crippen MR) is 136 cm³/mol. The lowest BCUT2D eigenvalue weighted by Gasteiger charge is -2.21. The Balaban J connectivity index is 1.48. The fraction of sp³-hybridized carbons (Fsp3) is 0.444. The van der Waals surface area contributed by atoms with Crippen LogP contribution in [-0.2, 0) is 20.8 Å². The van der Waals surface area contributed by atoms with E-state index in [0.717, 1.165) is 42.9 Å². The first-order valence-electron chi connectivity index (χ1n) is 12.3. The Morgan fingerprint density at radius 3 is 2.47 bits per heavy atom. The van der Waals surface area contributed by atoms with E-state index < -0.39 is 6.04 Å². The lowest BCUT2D eigenvalue weighted by atomic mass is 10.1. The van der Waals surface area contributed by atoms with E-state index in [1.54, 1.807) is 0 Å². The summed E-state index contributed by atoms with van der Waals surface area (Å²) in [6.45, 7) is 4.36. The van der Waals surface area contributed by atoms with Crippen molar-refractivity contribution in [2.45, 2.75) is 57.9 Å². The van der Waals surface area contributed by atoms with Gasteiger partial charge in [0.25, 0.3) is 0 Å². The van der Waals surface area contributed by atoms with Gasteiger partial charge in [-0.15, -0.1) is 0 Å². The molecule has 2 aromatic rings. The molecule has 34 heavy (non-hydrogen) atoms. The number of hydrogen-bond acceptors (Lipinski definition) is 4. The summed E-state index contributed by atoms with van der Waals surface area (Å²) in [5.74, 6) is -0.590. The highest BCUT2D eigenvalue weighted by Gasteiger charge is 2.21. The summed E-state index contributed by atoms with van der Waals surface area (Å²) in [5, 5.41) is 8.60. The van der Waals surface area contributed by atoms with Crippen molar-refractivity contribution in [2.24, 2.45) is 0 Å². The van der Waals surface area contributed by atoms with Crippen molar-refractivity contribution in [1.29, 1.82) is 0 Å². The zero-order valence-corrected chi connectivity index (χ0v) is 20.0. The van der Waals surface area contributed by atoms with E-state index >= 15 is 0 Å². The van der Waals surface area contributed by atoms with Crippen LogP contribution >= 0.6 is 0 Å². The molecule has 1 unspecified atom stereocenters. The van der Waals surface area contributed by atoms with Gasteiger partial charge in [-0.1, -0.05) is 56.2 Å². The molecule has 1 aliphatic heterocycles. The summed E-state index contributed by atoms with van der Waals surface area (Å²) in [5.41, 5.74) is 2.77. The van der Waals surface area contributed by atoms with Gasteiger partial charge in [-0.25, -0.2) is 0 Å². The zero-order valence-electron chi connectivity index (χ0n) is 20.0. The van der Waals surface area contributed by atoms with Crippen LogP contribution in [0.3, 0.4) is 0 Å². The molecule has 1 atom stereocenters. The smallest absolute Gasteiger partial charge is 0.246 e. The third kappa shape index (κ3) is 8.21. The number of carbonyl (C=O) groups excluding carboxylic acids is 3. The molecular weight excluding hydrogens is 428 g/mol. The number of nitrogens with zero attached hydrogens (tertiary/aromatic N) is 1. The number of unbranched alkanes of at least 4 members (excludes halogenated alkanes) is 1. The van der Waals surface area contributed by atoms with Crippen LogP contribution in [0.25, 0.3) is 0 Å². The molecule has 0 saturated carbocycles. The fourth-order valence-corrected chi connectivity index (χ4v) is 4.09. The highest BCUT2D eigenvalue weighted by atomic mass is 16.2. The van der Waals surface area contributed by atoms with Crippen molar-refractivity contribution < 1.29 is 14.4 Å². The average Bonchev–Trinajstić information content (AvgIpc) is 3.38. The summed E-state index contributed by atoms with van der Waals surface area (Å²) < 4.78 is 0. The Morgan fingerprint density at radius 2 is 1.74 bits per heavy atom. The molecule has 1 aliphatic rings. The van der Waals surface area contributed by atoms with Gasteiger partial charge in [-0.05, 0) is 43.0 Å². The minimum Gasteiger partial charge on any atom is -0.371 e. The lowest BCUT2D eigenvalue weighted by molar-refractivity contribution is -0.127. The van der Waals surface area contributed by atoms with E-state index in [1.807, 2.05) is 48.5 Å². The van der Waals surface area contributed by atoms with Crippen molar-refractivity contribution in [3.8, 4) is 0 Å². The molecule has 0 aliphatic carbocycles. The first kappa shape index (κ1) is 25.3. The Bertz CT molecular complexity index is 942. The second-order valence-corrected chi connectivity index (χ2v) is 8.76. The quantitative estimate of drug-likeness (QED) is 0.447. The van der Waals surface area contributed by atoms with Crippen LogP contribution in [0.2, 0.25) is 0 Å². The third-order valence-corrected chi connectivity index (χ3v) is 5.96. The van der Waals surface area contributed by atoms with Crippen LogP contribution in [0.1, 0.15) is 51.0 Å². The Hall–Kier alpha value is -3.35. The lowest BCUT2D eigenvalue weighted by Crippen LogP contribution is -2.44. The molecule has 1 saturated heterocycles. The number of carbonyl (C=O) groups is 3. The van der Waals surface area contributed by atoms with Gasteiger partial charge >= 0.3 is 0 Å². The van der Waals surface area contributed by atoms with Crippen LogP contribution < -0.4 is 20.9 Å². The van der Waals surface area contributed by atoms with Crippen molar-refractivity contribution >= 4 is 29.1 Å². The first-order chi connectivity index (χ1) is 16.5. The average molecular weight is 465 g/mol. The number of anilines is 2. The van der Waals surface area contributed by atoms with Crippen LogP contribution in [0.15, 0.2) is 54.6 Å². The third-order valence-electron chi connectivity index (χ3n) is 5.96. The molecule has 1 fully saturated rings. The van der Waals surface area contributed by atoms with Crippen LogP contribution in [0, 0.1) is 0 Å². The predicted octanol–water partition coefficient (Wildman–Crippen LogP) is 3.65. The molecule has 2 aromatic carbocycles. The molecule has 1 heterocycles. The molecule has 0 spiro atoms. The second-order valence-electron chi connectivity index (χ2n) is 8.76. The minimum atomic E-state index is -0.608. The number of amides is 3. The molecule has 7 heteroatoms. The molecule has 7 nitrogen and oxygen atoms in total. The van der Waals surface area contributed by atoms with Crippen LogP contribution in [0.4, 0.5) is 11.4 Å². The maximum Gasteiger partial charge on any atom is 0.246 e. The maximum atomic E-state index is 13.0. The largest absolute Gasteiger partial charge is 0.371 e. The number of rotatable bonds is 12. The monoisotopic (exact) mass is 464 g/mol. The van der Waals surface area contributed by atoms with E-state index in [1.165, 1.54) is 12.8 Å². The molecule has 182 valence electrons. The summed E-state index contributed by atoms with van der Waals surface area (Å²) in [4.78, 5) is 39.9.